The number of rotatable bonds is 4. The molecule has 3 rings (SSSR count). The highest BCUT2D eigenvalue weighted by Crippen LogP contribution is 2.28. The quantitative estimate of drug-likeness (QED) is 0.668. The molecule has 20 heavy (non-hydrogen) atoms. The van der Waals surface area contributed by atoms with E-state index in [1.165, 1.54) is 30.2 Å². The van der Waals surface area contributed by atoms with Crippen LogP contribution in [0.15, 0.2) is 50.7 Å². The zero-order valence-corrected chi connectivity index (χ0v) is 11.6. The molecule has 0 aliphatic heterocycles. The van der Waals surface area contributed by atoms with Gasteiger partial charge < -0.3 is 8.83 Å². The van der Waals surface area contributed by atoms with E-state index in [1.54, 1.807) is 18.2 Å². The smallest absolute Gasteiger partial charge is 0.284 e. The Bertz CT molecular complexity index is 715. The monoisotopic (exact) mass is 310 g/mol. The summed E-state index contributed by atoms with van der Waals surface area (Å²) in [7, 11) is 0. The fourth-order valence-corrected chi connectivity index (χ4v) is 2.63. The first-order valence-corrected chi connectivity index (χ1v) is 7.03. The van der Waals surface area contributed by atoms with Crippen LogP contribution in [0.5, 0.6) is 0 Å². The minimum Gasteiger partial charge on any atom is -0.459 e. The molecule has 102 valence electrons. The Balaban J connectivity index is 1.70. The maximum Gasteiger partial charge on any atom is 0.284 e. The van der Waals surface area contributed by atoms with Crippen LogP contribution in [0.4, 0.5) is 4.39 Å². The molecule has 2 aromatic heterocycles. The number of thioether (sulfide) groups is 1. The summed E-state index contributed by atoms with van der Waals surface area (Å²) in [5.41, 5.74) is 0.802. The lowest BCUT2D eigenvalue weighted by molar-refractivity contribution is 0.447. The zero-order valence-electron chi connectivity index (χ0n) is 10.0. The summed E-state index contributed by atoms with van der Waals surface area (Å²) in [4.78, 5) is 0. The molecule has 0 spiro atoms. The molecule has 0 bridgehead atoms. The molecule has 7 heteroatoms. The van der Waals surface area contributed by atoms with Gasteiger partial charge in [0, 0.05) is 10.8 Å². The van der Waals surface area contributed by atoms with Crippen LogP contribution in [0, 0.1) is 5.82 Å². The molecule has 0 saturated heterocycles. The van der Waals surface area contributed by atoms with Crippen LogP contribution in [0.25, 0.3) is 11.7 Å². The Labute approximate surface area is 122 Å². The van der Waals surface area contributed by atoms with E-state index in [4.69, 9.17) is 20.4 Å². The molecule has 2 heterocycles. The van der Waals surface area contributed by atoms with Gasteiger partial charge in [-0.3, -0.25) is 0 Å². The fraction of sp³-hybridized carbons (Fsp3) is 0.0769. The lowest BCUT2D eigenvalue weighted by atomic mass is 10.2. The fourth-order valence-electron chi connectivity index (χ4n) is 1.55. The molecule has 0 fully saturated rings. The second-order valence-corrected chi connectivity index (χ2v) is 5.21. The third-order valence-electron chi connectivity index (χ3n) is 2.50. The summed E-state index contributed by atoms with van der Waals surface area (Å²) >= 11 is 7.27. The molecule has 0 radical (unpaired) electrons. The highest BCUT2D eigenvalue weighted by atomic mass is 35.5. The largest absolute Gasteiger partial charge is 0.459 e. The molecule has 0 N–H and O–H groups in total. The van der Waals surface area contributed by atoms with E-state index >= 15 is 0 Å². The number of aromatic nitrogens is 2. The van der Waals surface area contributed by atoms with Crippen LogP contribution < -0.4 is 0 Å². The normalized spacial score (nSPS) is 10.9. The standard InChI is InChI=1S/C13H8ClFN2O2S/c14-10-6-9(15)4-3-8(10)7-20-13-17-16-12(19-13)11-2-1-5-18-11/h1-6H,7H2. The topological polar surface area (TPSA) is 52.1 Å². The summed E-state index contributed by atoms with van der Waals surface area (Å²) in [6.07, 6.45) is 1.53. The van der Waals surface area contributed by atoms with Gasteiger partial charge in [-0.1, -0.05) is 29.4 Å². The summed E-state index contributed by atoms with van der Waals surface area (Å²) in [5.74, 6) is 0.993. The third kappa shape index (κ3) is 2.86. The van der Waals surface area contributed by atoms with Crippen LogP contribution in [0.2, 0.25) is 5.02 Å². The van der Waals surface area contributed by atoms with E-state index in [-0.39, 0.29) is 5.82 Å². The number of nitrogens with zero attached hydrogens (tertiary/aromatic N) is 2. The van der Waals surface area contributed by atoms with E-state index in [1.807, 2.05) is 0 Å². The Morgan fingerprint density at radius 1 is 1.25 bits per heavy atom. The van der Waals surface area contributed by atoms with Gasteiger partial charge in [0.25, 0.3) is 11.1 Å². The highest BCUT2D eigenvalue weighted by Gasteiger charge is 2.12. The van der Waals surface area contributed by atoms with E-state index in [0.717, 1.165) is 5.56 Å². The molecule has 3 aromatic rings. The van der Waals surface area contributed by atoms with Crippen molar-refractivity contribution < 1.29 is 13.2 Å². The summed E-state index contributed by atoms with van der Waals surface area (Å²) < 4.78 is 23.5. The maximum atomic E-state index is 12.9. The van der Waals surface area contributed by atoms with E-state index in [0.29, 0.717) is 27.6 Å². The van der Waals surface area contributed by atoms with Crippen molar-refractivity contribution in [1.29, 1.82) is 0 Å². The van der Waals surface area contributed by atoms with Gasteiger partial charge in [0.05, 0.1) is 6.26 Å². The number of furan rings is 1. The first-order valence-electron chi connectivity index (χ1n) is 5.66. The van der Waals surface area contributed by atoms with Crippen molar-refractivity contribution in [1.82, 2.24) is 10.2 Å². The van der Waals surface area contributed by atoms with Crippen molar-refractivity contribution in [3.63, 3.8) is 0 Å². The molecule has 0 aliphatic carbocycles. The predicted octanol–water partition coefficient (Wildman–Crippen LogP) is 4.41. The Kier molecular flexibility index (Phi) is 3.75. The molecular formula is C13H8ClFN2O2S. The molecule has 4 nitrogen and oxygen atoms in total. The van der Waals surface area contributed by atoms with Crippen LogP contribution in [0.1, 0.15) is 5.56 Å². The van der Waals surface area contributed by atoms with Crippen molar-refractivity contribution in [2.45, 2.75) is 11.0 Å². The lowest BCUT2D eigenvalue weighted by Crippen LogP contribution is -1.84. The molecule has 0 aliphatic rings. The van der Waals surface area contributed by atoms with Gasteiger partial charge in [0.1, 0.15) is 5.82 Å². The van der Waals surface area contributed by atoms with Crippen LogP contribution in [-0.2, 0) is 5.75 Å². The molecule has 1 aromatic carbocycles. The van der Waals surface area contributed by atoms with Gasteiger partial charge in [-0.15, -0.1) is 10.2 Å². The molecular weight excluding hydrogens is 303 g/mol. The van der Waals surface area contributed by atoms with Crippen molar-refractivity contribution in [3.8, 4) is 11.7 Å². The van der Waals surface area contributed by atoms with E-state index < -0.39 is 0 Å². The number of hydrogen-bond donors (Lipinski definition) is 0. The summed E-state index contributed by atoms with van der Waals surface area (Å²) in [6.45, 7) is 0. The SMILES string of the molecule is Fc1ccc(CSc2nnc(-c3ccco3)o2)c(Cl)c1. The third-order valence-corrected chi connectivity index (χ3v) is 3.72. The van der Waals surface area contributed by atoms with Gasteiger partial charge >= 0.3 is 0 Å². The van der Waals surface area contributed by atoms with Gasteiger partial charge in [-0.2, -0.15) is 0 Å². The van der Waals surface area contributed by atoms with Crippen molar-refractivity contribution in [2.24, 2.45) is 0 Å². The van der Waals surface area contributed by atoms with Crippen LogP contribution in [-0.4, -0.2) is 10.2 Å². The van der Waals surface area contributed by atoms with Crippen molar-refractivity contribution in [2.75, 3.05) is 0 Å². The number of benzene rings is 1. The predicted molar refractivity (Wildman–Crippen MR) is 73.0 cm³/mol. The first kappa shape index (κ1) is 13.2. The average Bonchev–Trinajstić information content (AvgIpc) is 3.08. The summed E-state index contributed by atoms with van der Waals surface area (Å²) in [5, 5.41) is 8.56. The minimum atomic E-state index is -0.360. The van der Waals surface area contributed by atoms with Crippen LogP contribution >= 0.6 is 23.4 Å². The second-order valence-electron chi connectivity index (χ2n) is 3.87. The van der Waals surface area contributed by atoms with Gasteiger partial charge in [0.2, 0.25) is 0 Å². The Hall–Kier alpha value is -1.79. The average molecular weight is 311 g/mol. The maximum absolute atomic E-state index is 12.9. The Morgan fingerprint density at radius 2 is 2.15 bits per heavy atom. The number of halogens is 2. The van der Waals surface area contributed by atoms with Crippen molar-refractivity contribution >= 4 is 23.4 Å². The zero-order chi connectivity index (χ0) is 13.9. The van der Waals surface area contributed by atoms with E-state index in [9.17, 15) is 4.39 Å². The first-order chi connectivity index (χ1) is 9.72. The Morgan fingerprint density at radius 3 is 2.90 bits per heavy atom. The number of hydrogen-bond acceptors (Lipinski definition) is 5. The molecule has 0 unspecified atom stereocenters. The van der Waals surface area contributed by atoms with Gasteiger partial charge in [-0.05, 0) is 29.8 Å². The molecule has 0 atom stereocenters. The molecule has 0 saturated carbocycles. The van der Waals surface area contributed by atoms with Crippen LogP contribution in [0.3, 0.4) is 0 Å². The minimum absolute atomic E-state index is 0.322. The molecule has 0 amide bonds. The van der Waals surface area contributed by atoms with Gasteiger partial charge in [0.15, 0.2) is 5.76 Å². The van der Waals surface area contributed by atoms with E-state index in [2.05, 4.69) is 10.2 Å². The lowest BCUT2D eigenvalue weighted by Gasteiger charge is -2.01. The highest BCUT2D eigenvalue weighted by molar-refractivity contribution is 7.98. The second kappa shape index (κ2) is 5.68. The summed E-state index contributed by atoms with van der Waals surface area (Å²) in [6, 6.07) is 7.75. The van der Waals surface area contributed by atoms with Crippen molar-refractivity contribution in [3.05, 3.63) is 53.0 Å². The van der Waals surface area contributed by atoms with Gasteiger partial charge in [-0.25, -0.2) is 4.39 Å².